The highest BCUT2D eigenvalue weighted by Crippen LogP contribution is 2.25. The second-order valence-electron chi connectivity index (χ2n) is 5.72. The molecule has 8 heteroatoms. The van der Waals surface area contributed by atoms with E-state index in [1.54, 1.807) is 13.2 Å². The van der Waals surface area contributed by atoms with E-state index in [1.807, 2.05) is 6.19 Å². The van der Waals surface area contributed by atoms with Crippen molar-refractivity contribution in [3.63, 3.8) is 0 Å². The number of amides is 1. The van der Waals surface area contributed by atoms with Crippen LogP contribution in [0.4, 0.5) is 8.78 Å². The van der Waals surface area contributed by atoms with Gasteiger partial charge in [-0.15, -0.1) is 0 Å². The molecule has 0 saturated carbocycles. The van der Waals surface area contributed by atoms with E-state index in [0.717, 1.165) is 12.1 Å². The molecule has 1 N–H and O–H groups in total. The van der Waals surface area contributed by atoms with Crippen LogP contribution in [-0.2, 0) is 7.05 Å². The summed E-state index contributed by atoms with van der Waals surface area (Å²) in [7, 11) is 1.67. The number of hydrogen-bond donors (Lipinski definition) is 1. The van der Waals surface area contributed by atoms with Crippen molar-refractivity contribution in [1.82, 2.24) is 20.0 Å². The Hall–Kier alpha value is -2.95. The summed E-state index contributed by atoms with van der Waals surface area (Å²) in [5.74, 6) is -2.18. The number of likely N-dealkylation sites (tertiary alicyclic amines) is 1. The largest absolute Gasteiger partial charge is 0.347 e. The molecule has 0 radical (unpaired) electrons. The molecule has 2 heterocycles. The molecule has 124 valence electrons. The van der Waals surface area contributed by atoms with Gasteiger partial charge in [0.15, 0.2) is 6.19 Å². The van der Waals surface area contributed by atoms with E-state index >= 15 is 0 Å². The number of nitriles is 1. The van der Waals surface area contributed by atoms with Gasteiger partial charge in [0.1, 0.15) is 11.6 Å². The molecule has 3 rings (SSSR count). The Morgan fingerprint density at radius 1 is 1.42 bits per heavy atom. The van der Waals surface area contributed by atoms with Crippen molar-refractivity contribution in [2.45, 2.75) is 12.5 Å². The second-order valence-corrected chi connectivity index (χ2v) is 5.72. The van der Waals surface area contributed by atoms with E-state index < -0.39 is 17.5 Å². The number of rotatable bonds is 3. The maximum atomic E-state index is 14.3. The first-order valence-electron chi connectivity index (χ1n) is 7.41. The van der Waals surface area contributed by atoms with Crippen LogP contribution in [0.2, 0.25) is 0 Å². The van der Waals surface area contributed by atoms with Gasteiger partial charge in [-0.1, -0.05) is 0 Å². The first kappa shape index (κ1) is 15.9. The molecule has 1 aromatic carbocycles. The fourth-order valence-corrected chi connectivity index (χ4v) is 2.73. The van der Waals surface area contributed by atoms with Gasteiger partial charge < -0.3 is 10.2 Å². The Balaban J connectivity index is 1.80. The molecule has 24 heavy (non-hydrogen) atoms. The quantitative estimate of drug-likeness (QED) is 0.868. The highest BCUT2D eigenvalue weighted by atomic mass is 19.1. The molecule has 0 aliphatic carbocycles. The van der Waals surface area contributed by atoms with Crippen molar-refractivity contribution in [2.75, 3.05) is 13.1 Å². The Morgan fingerprint density at radius 2 is 2.21 bits per heavy atom. The molecule has 1 saturated heterocycles. The van der Waals surface area contributed by atoms with Gasteiger partial charge >= 0.3 is 0 Å². The minimum Gasteiger partial charge on any atom is -0.347 e. The zero-order valence-corrected chi connectivity index (χ0v) is 13.0. The molecule has 1 aliphatic rings. The van der Waals surface area contributed by atoms with Crippen LogP contribution in [0.3, 0.4) is 0 Å². The Kier molecular flexibility index (Phi) is 4.16. The molecule has 1 amide bonds. The van der Waals surface area contributed by atoms with Crippen LogP contribution in [0.15, 0.2) is 24.5 Å². The summed E-state index contributed by atoms with van der Waals surface area (Å²) in [5.41, 5.74) is 0.130. The standard InChI is InChI=1S/C16H15F2N5O/c1-22-7-10(6-20-22)12-4-15(18)13(5-14(12)17)16(24)21-11-2-3-23(8-11)9-19/h4-7,11H,2-3,8H2,1H3,(H,21,24)/t11-/m1/s1. The molecule has 1 atom stereocenters. The van der Waals surface area contributed by atoms with E-state index in [2.05, 4.69) is 10.4 Å². The Morgan fingerprint density at radius 3 is 2.83 bits per heavy atom. The lowest BCUT2D eigenvalue weighted by Crippen LogP contribution is -2.36. The van der Waals surface area contributed by atoms with Gasteiger partial charge in [-0.3, -0.25) is 9.48 Å². The predicted octanol–water partition coefficient (Wildman–Crippen LogP) is 1.65. The van der Waals surface area contributed by atoms with Gasteiger partial charge in [0.05, 0.1) is 11.8 Å². The smallest absolute Gasteiger partial charge is 0.254 e. The minimum absolute atomic E-state index is 0.0497. The third kappa shape index (κ3) is 3.06. The van der Waals surface area contributed by atoms with Crippen molar-refractivity contribution in [3.05, 3.63) is 41.7 Å². The summed E-state index contributed by atoms with van der Waals surface area (Å²) in [6, 6.07) is 1.64. The summed E-state index contributed by atoms with van der Waals surface area (Å²) in [6.45, 7) is 0.915. The fourth-order valence-electron chi connectivity index (χ4n) is 2.73. The number of hydrogen-bond acceptors (Lipinski definition) is 4. The minimum atomic E-state index is -0.803. The zero-order chi connectivity index (χ0) is 17.3. The fraction of sp³-hybridized carbons (Fsp3) is 0.312. The molecule has 0 spiro atoms. The van der Waals surface area contributed by atoms with Crippen molar-refractivity contribution >= 4 is 5.91 Å². The summed E-state index contributed by atoms with van der Waals surface area (Å²) >= 11 is 0. The van der Waals surface area contributed by atoms with E-state index in [-0.39, 0.29) is 17.2 Å². The van der Waals surface area contributed by atoms with Crippen LogP contribution in [-0.4, -0.2) is 39.7 Å². The molecule has 1 aliphatic heterocycles. The number of aromatic nitrogens is 2. The van der Waals surface area contributed by atoms with E-state index in [4.69, 9.17) is 5.26 Å². The molecule has 1 fully saturated rings. The topological polar surface area (TPSA) is 74.0 Å². The maximum Gasteiger partial charge on any atom is 0.254 e. The highest BCUT2D eigenvalue weighted by molar-refractivity contribution is 5.95. The van der Waals surface area contributed by atoms with Gasteiger partial charge in [0, 0.05) is 43.5 Å². The van der Waals surface area contributed by atoms with Gasteiger partial charge in [-0.25, -0.2) is 8.78 Å². The van der Waals surface area contributed by atoms with Crippen LogP contribution in [0.5, 0.6) is 0 Å². The van der Waals surface area contributed by atoms with Crippen LogP contribution in [0.1, 0.15) is 16.8 Å². The summed E-state index contributed by atoms with van der Waals surface area (Å²) < 4.78 is 30.0. The Bertz CT molecular complexity index is 826. The molecule has 0 bridgehead atoms. The van der Waals surface area contributed by atoms with Gasteiger partial charge in [-0.2, -0.15) is 10.4 Å². The van der Waals surface area contributed by atoms with Crippen molar-refractivity contribution < 1.29 is 13.6 Å². The van der Waals surface area contributed by atoms with Crippen molar-refractivity contribution in [2.24, 2.45) is 7.05 Å². The number of nitrogens with zero attached hydrogens (tertiary/aromatic N) is 4. The number of benzene rings is 1. The second kappa shape index (κ2) is 6.28. The van der Waals surface area contributed by atoms with E-state index in [9.17, 15) is 13.6 Å². The van der Waals surface area contributed by atoms with Crippen molar-refractivity contribution in [3.8, 4) is 17.3 Å². The van der Waals surface area contributed by atoms with Crippen LogP contribution in [0, 0.1) is 23.1 Å². The van der Waals surface area contributed by atoms with Crippen LogP contribution < -0.4 is 5.32 Å². The summed E-state index contributed by atoms with van der Waals surface area (Å²) in [6.07, 6.45) is 5.57. The van der Waals surface area contributed by atoms with E-state index in [1.165, 1.54) is 15.8 Å². The predicted molar refractivity (Wildman–Crippen MR) is 81.6 cm³/mol. The molecule has 2 aromatic rings. The van der Waals surface area contributed by atoms with Gasteiger partial charge in [0.2, 0.25) is 0 Å². The molecule has 1 aromatic heterocycles. The number of nitrogens with one attached hydrogen (secondary N) is 1. The first-order valence-corrected chi connectivity index (χ1v) is 7.41. The van der Waals surface area contributed by atoms with Crippen molar-refractivity contribution in [1.29, 1.82) is 5.26 Å². The maximum absolute atomic E-state index is 14.3. The van der Waals surface area contributed by atoms with Gasteiger partial charge in [0.25, 0.3) is 5.91 Å². The summed E-state index contributed by atoms with van der Waals surface area (Å²) in [4.78, 5) is 13.7. The third-order valence-corrected chi connectivity index (χ3v) is 3.98. The molecular formula is C16H15F2N5O. The van der Waals surface area contributed by atoms with Crippen LogP contribution >= 0.6 is 0 Å². The number of carbonyl (C=O) groups is 1. The first-order chi connectivity index (χ1) is 11.5. The molecule has 0 unspecified atom stereocenters. The summed E-state index contributed by atoms with van der Waals surface area (Å²) in [5, 5.41) is 15.4. The van der Waals surface area contributed by atoms with E-state index in [0.29, 0.717) is 25.1 Å². The number of carbonyl (C=O) groups excluding carboxylic acids is 1. The monoisotopic (exact) mass is 331 g/mol. The SMILES string of the molecule is Cn1cc(-c2cc(F)c(C(=O)N[C@@H]3CCN(C#N)C3)cc2F)cn1. The lowest BCUT2D eigenvalue weighted by Gasteiger charge is -2.13. The number of halogens is 2. The number of aryl methyl sites for hydroxylation is 1. The van der Waals surface area contributed by atoms with Gasteiger partial charge in [-0.05, 0) is 18.6 Å². The third-order valence-electron chi connectivity index (χ3n) is 3.98. The molecular weight excluding hydrogens is 316 g/mol. The zero-order valence-electron chi connectivity index (χ0n) is 13.0. The average Bonchev–Trinajstić information content (AvgIpc) is 3.18. The lowest BCUT2D eigenvalue weighted by molar-refractivity contribution is 0.0934. The average molecular weight is 331 g/mol. The van der Waals surface area contributed by atoms with Crippen LogP contribution in [0.25, 0.3) is 11.1 Å². The lowest BCUT2D eigenvalue weighted by atomic mass is 10.0. The highest BCUT2D eigenvalue weighted by Gasteiger charge is 2.25. The molecule has 6 nitrogen and oxygen atoms in total. The Labute approximate surface area is 137 Å². The normalized spacial score (nSPS) is 16.9.